The first kappa shape index (κ1) is 35.7. The number of hydrogen-bond donors (Lipinski definition) is 10. The Hall–Kier alpha value is -4.33. The van der Waals surface area contributed by atoms with Gasteiger partial charge in [0.25, 0.3) is 0 Å². The van der Waals surface area contributed by atoms with E-state index >= 15 is 0 Å². The fourth-order valence-corrected chi connectivity index (χ4v) is 3.45. The Bertz CT molecular complexity index is 1060. The van der Waals surface area contributed by atoms with Crippen LogP contribution < -0.4 is 17.2 Å². The van der Waals surface area contributed by atoms with Gasteiger partial charge in [-0.1, -0.05) is 0 Å². The van der Waals surface area contributed by atoms with Crippen LogP contribution in [-0.2, 0) is 43.2 Å². The summed E-state index contributed by atoms with van der Waals surface area (Å²) in [5, 5.41) is 66.2. The van der Waals surface area contributed by atoms with Gasteiger partial charge >= 0.3 is 35.8 Å². The van der Waals surface area contributed by atoms with Crippen LogP contribution in [0.15, 0.2) is 0 Å². The number of carbonyl (C=O) groups is 9. The van der Waals surface area contributed by atoms with Crippen molar-refractivity contribution in [1.29, 1.82) is 0 Å². The smallest absolute Gasteiger partial charge is 0.331 e. The van der Waals surface area contributed by atoms with Gasteiger partial charge in [-0.15, -0.1) is 0 Å². The van der Waals surface area contributed by atoms with Gasteiger partial charge in [0.05, 0.1) is 0 Å². The molecule has 0 rings (SSSR count). The maximum atomic E-state index is 13.3. The number of carboxylic acids is 6. The molecule has 0 bridgehead atoms. The van der Waals surface area contributed by atoms with E-state index in [1.54, 1.807) is 0 Å². The molecular formula is C21H29N3O16. The Morgan fingerprint density at radius 2 is 0.725 bits per heavy atom. The van der Waals surface area contributed by atoms with Gasteiger partial charge in [0.2, 0.25) is 0 Å². The molecule has 0 unspecified atom stereocenters. The second-order valence-corrected chi connectivity index (χ2v) is 9.07. The van der Waals surface area contributed by atoms with Gasteiger partial charge in [0, 0.05) is 32.1 Å². The molecule has 13 N–H and O–H groups in total. The van der Waals surface area contributed by atoms with Crippen LogP contribution in [0.1, 0.15) is 51.4 Å². The van der Waals surface area contributed by atoms with E-state index in [0.29, 0.717) is 0 Å². The van der Waals surface area contributed by atoms with Gasteiger partial charge in [-0.25, -0.2) is 14.4 Å². The van der Waals surface area contributed by atoms with Crippen molar-refractivity contribution in [3.8, 4) is 0 Å². The maximum absolute atomic E-state index is 13.3. The molecular weight excluding hydrogens is 550 g/mol. The van der Waals surface area contributed by atoms with E-state index in [1.165, 1.54) is 0 Å². The summed E-state index contributed by atoms with van der Waals surface area (Å²) in [4.78, 5) is 107. The van der Waals surface area contributed by atoms with E-state index in [0.717, 1.165) is 0 Å². The second-order valence-electron chi connectivity index (χ2n) is 9.07. The molecule has 0 aliphatic heterocycles. The molecule has 0 spiro atoms. The summed E-state index contributed by atoms with van der Waals surface area (Å²) >= 11 is 0. The number of hydrogen-bond acceptors (Lipinski definition) is 13. The normalized spacial score (nSPS) is 15.9. The van der Waals surface area contributed by atoms with E-state index in [9.17, 15) is 63.6 Å². The van der Waals surface area contributed by atoms with Crippen LogP contribution >= 0.6 is 0 Å². The van der Waals surface area contributed by atoms with Gasteiger partial charge in [0.1, 0.15) is 5.60 Å². The molecule has 19 heteroatoms. The minimum Gasteiger partial charge on any atom is -0.481 e. The van der Waals surface area contributed by atoms with Crippen molar-refractivity contribution < 1.29 is 78.9 Å². The van der Waals surface area contributed by atoms with Crippen molar-refractivity contribution in [2.75, 3.05) is 0 Å². The lowest BCUT2D eigenvalue weighted by Gasteiger charge is -2.36. The molecule has 40 heavy (non-hydrogen) atoms. The molecule has 0 aliphatic carbocycles. The summed E-state index contributed by atoms with van der Waals surface area (Å²) in [6.45, 7) is 0. The Labute approximate surface area is 223 Å². The molecule has 0 aromatic rings. The third kappa shape index (κ3) is 8.33. The Morgan fingerprint density at radius 1 is 0.475 bits per heavy atom. The van der Waals surface area contributed by atoms with Crippen LogP contribution in [0.25, 0.3) is 0 Å². The number of ketones is 3. The topological polar surface area (TPSA) is 373 Å². The van der Waals surface area contributed by atoms with Gasteiger partial charge < -0.3 is 52.9 Å². The van der Waals surface area contributed by atoms with Crippen LogP contribution in [0.2, 0.25) is 0 Å². The molecule has 0 aromatic carbocycles. The molecule has 0 radical (unpaired) electrons. The summed E-state index contributed by atoms with van der Waals surface area (Å²) in [5.74, 6) is -17.3. The van der Waals surface area contributed by atoms with E-state index in [2.05, 4.69) is 0 Å². The predicted octanol–water partition coefficient (Wildman–Crippen LogP) is -3.85. The molecule has 224 valence electrons. The summed E-state index contributed by atoms with van der Waals surface area (Å²) in [5.41, 5.74) is 3.25. The summed E-state index contributed by atoms with van der Waals surface area (Å²) in [7, 11) is 0. The number of Topliss-reactive ketones (excluding diaryl/α,β-unsaturated/α-hetero) is 3. The first-order chi connectivity index (χ1) is 18.0. The van der Waals surface area contributed by atoms with E-state index in [4.69, 9.17) is 32.5 Å². The molecule has 0 heterocycles. The fourth-order valence-electron chi connectivity index (χ4n) is 3.45. The van der Waals surface area contributed by atoms with Crippen LogP contribution in [0.5, 0.6) is 0 Å². The number of carbonyl (C=O) groups excluding carboxylic acids is 3. The highest BCUT2D eigenvalue weighted by Gasteiger charge is 2.58. The van der Waals surface area contributed by atoms with Gasteiger partial charge in [-0.2, -0.15) is 0 Å². The largest absolute Gasteiger partial charge is 0.481 e. The first-order valence-electron chi connectivity index (χ1n) is 11.1. The minimum atomic E-state index is -3.70. The zero-order chi connectivity index (χ0) is 31.9. The average Bonchev–Trinajstić information content (AvgIpc) is 2.82. The van der Waals surface area contributed by atoms with Crippen molar-refractivity contribution in [3.63, 3.8) is 0 Å². The Kier molecular flexibility index (Phi) is 11.7. The van der Waals surface area contributed by atoms with Gasteiger partial charge in [-0.3, -0.25) is 28.8 Å². The van der Waals surface area contributed by atoms with Crippen molar-refractivity contribution >= 4 is 53.2 Å². The van der Waals surface area contributed by atoms with Crippen molar-refractivity contribution in [2.24, 2.45) is 17.2 Å². The molecule has 0 saturated carbocycles. The molecule has 0 aliphatic rings. The van der Waals surface area contributed by atoms with E-state index < -0.39 is 127 Å². The van der Waals surface area contributed by atoms with Crippen LogP contribution in [0, 0.1) is 0 Å². The molecule has 19 nitrogen and oxygen atoms in total. The number of aliphatic carboxylic acids is 6. The lowest BCUT2D eigenvalue weighted by Crippen LogP contribution is -2.67. The van der Waals surface area contributed by atoms with Crippen molar-refractivity contribution in [1.82, 2.24) is 0 Å². The third-order valence-electron chi connectivity index (χ3n) is 6.07. The third-order valence-corrected chi connectivity index (χ3v) is 6.07. The lowest BCUT2D eigenvalue weighted by molar-refractivity contribution is -0.165. The Morgan fingerprint density at radius 3 is 0.950 bits per heavy atom. The standard InChI is InChI=1S/C21H29N3O16/c22-19(15(34)35,4-1-11(27)28)9(25)7-18(40,14(33)21(24,17(38)39)6-3-13(31)32)8-10(26)20(23,16(36)37)5-2-12(29)30/h40H,1-8,22-24H2,(H,27,28)(H,29,30)(H,31,32)(H,34,35)(H,36,37)(H,38,39)/t19-,20-,21-/m1/s1. The summed E-state index contributed by atoms with van der Waals surface area (Å²) < 4.78 is 0. The summed E-state index contributed by atoms with van der Waals surface area (Å²) in [6, 6.07) is 0. The quantitative estimate of drug-likeness (QED) is 0.0616. The molecule has 0 amide bonds. The predicted molar refractivity (Wildman–Crippen MR) is 123 cm³/mol. The zero-order valence-electron chi connectivity index (χ0n) is 20.7. The molecule has 0 saturated heterocycles. The van der Waals surface area contributed by atoms with Gasteiger partial charge in [0.15, 0.2) is 34.0 Å². The molecule has 0 aromatic heterocycles. The number of carboxylic acid groups (broad SMARTS) is 6. The second kappa shape index (κ2) is 13.2. The van der Waals surface area contributed by atoms with Crippen LogP contribution in [0.3, 0.4) is 0 Å². The Balaban J connectivity index is 6.95. The molecule has 0 fully saturated rings. The van der Waals surface area contributed by atoms with Crippen molar-refractivity contribution in [2.45, 2.75) is 73.6 Å². The summed E-state index contributed by atoms with van der Waals surface area (Å²) in [6.07, 6.45) is -10.4. The lowest BCUT2D eigenvalue weighted by atomic mass is 9.71. The first-order valence-corrected chi connectivity index (χ1v) is 11.1. The molecule has 3 atom stereocenters. The zero-order valence-corrected chi connectivity index (χ0v) is 20.7. The SMILES string of the molecule is N[C@@](CCC(=O)O)(C(=O)O)C(=O)CC(O)(CC(=O)[C@](N)(CCC(=O)O)C(=O)O)C(=O)[C@](N)(CCC(=O)O)C(=O)O. The highest BCUT2D eigenvalue weighted by Crippen LogP contribution is 2.31. The number of nitrogens with two attached hydrogens (primary N) is 3. The van der Waals surface area contributed by atoms with Crippen molar-refractivity contribution in [3.05, 3.63) is 0 Å². The van der Waals surface area contributed by atoms with E-state index in [1.807, 2.05) is 0 Å². The highest BCUT2D eigenvalue weighted by molar-refractivity contribution is 6.17. The number of rotatable bonds is 20. The average molecular weight is 579 g/mol. The maximum Gasteiger partial charge on any atom is 0.331 e. The number of aliphatic hydroxyl groups is 1. The van der Waals surface area contributed by atoms with Crippen LogP contribution in [0.4, 0.5) is 0 Å². The monoisotopic (exact) mass is 579 g/mol. The van der Waals surface area contributed by atoms with E-state index in [-0.39, 0.29) is 0 Å². The minimum absolute atomic E-state index is 1.03. The fraction of sp³-hybridized carbons (Fsp3) is 0.571. The van der Waals surface area contributed by atoms with Crippen LogP contribution in [-0.4, -0.2) is 111 Å². The highest BCUT2D eigenvalue weighted by atomic mass is 16.4. The van der Waals surface area contributed by atoms with Gasteiger partial charge in [-0.05, 0) is 19.3 Å².